The van der Waals surface area contributed by atoms with E-state index in [2.05, 4.69) is 4.90 Å². The van der Waals surface area contributed by atoms with Crippen molar-refractivity contribution in [2.24, 2.45) is 0 Å². The van der Waals surface area contributed by atoms with E-state index >= 15 is 0 Å². The molecule has 5 rings (SSSR count). The number of aromatic nitrogens is 2. The Kier molecular flexibility index (Phi) is 3.63. The Morgan fingerprint density at radius 2 is 1.80 bits per heavy atom. The van der Waals surface area contributed by atoms with Gasteiger partial charge in [0.1, 0.15) is 11.6 Å². The third-order valence-electron chi connectivity index (χ3n) is 6.70. The lowest BCUT2D eigenvalue weighted by Gasteiger charge is -2.45. The van der Waals surface area contributed by atoms with Gasteiger partial charge in [-0.15, -0.1) is 0 Å². The molecule has 1 saturated heterocycles. The molecule has 1 spiro atoms. The first-order chi connectivity index (χ1) is 12.1. The molecule has 1 aromatic heterocycles. The standard InChI is InChI=1S/C19H27N3O2S/c23-25(24)12-11-22(13-19(25)9-2-1-3-10-19)18-15-5-4-6-16(15)20-17(21-18)14-7-8-14/h14H,1-13H2. The van der Waals surface area contributed by atoms with E-state index in [4.69, 9.17) is 9.97 Å². The molecule has 0 unspecified atom stereocenters. The molecule has 0 aromatic carbocycles. The molecule has 6 heteroatoms. The molecule has 25 heavy (non-hydrogen) atoms. The monoisotopic (exact) mass is 361 g/mol. The summed E-state index contributed by atoms with van der Waals surface area (Å²) in [6.45, 7) is 1.24. The molecule has 1 aromatic rings. The number of rotatable bonds is 2. The summed E-state index contributed by atoms with van der Waals surface area (Å²) in [6, 6.07) is 0. The average molecular weight is 362 g/mol. The van der Waals surface area contributed by atoms with Crippen LogP contribution in [0.1, 0.15) is 74.4 Å². The van der Waals surface area contributed by atoms with Crippen molar-refractivity contribution in [1.82, 2.24) is 9.97 Å². The molecule has 3 aliphatic carbocycles. The number of hydrogen-bond donors (Lipinski definition) is 0. The average Bonchev–Trinajstić information content (AvgIpc) is 3.35. The number of sulfone groups is 1. The van der Waals surface area contributed by atoms with Gasteiger partial charge in [-0.05, 0) is 44.9 Å². The fourth-order valence-corrected chi connectivity index (χ4v) is 7.19. The lowest BCUT2D eigenvalue weighted by Crippen LogP contribution is -2.57. The lowest BCUT2D eigenvalue weighted by molar-refractivity contribution is 0.362. The Labute approximate surface area is 150 Å². The summed E-state index contributed by atoms with van der Waals surface area (Å²) in [5.41, 5.74) is 2.53. The zero-order valence-electron chi connectivity index (χ0n) is 14.8. The van der Waals surface area contributed by atoms with E-state index < -0.39 is 14.6 Å². The first kappa shape index (κ1) is 16.0. The molecular weight excluding hydrogens is 334 g/mol. The molecule has 0 bridgehead atoms. The molecule has 0 amide bonds. The number of fused-ring (bicyclic) bond motifs is 1. The normalized spacial score (nSPS) is 27.4. The molecule has 5 nitrogen and oxygen atoms in total. The Morgan fingerprint density at radius 1 is 1.00 bits per heavy atom. The SMILES string of the molecule is O=S1(=O)CCN(c2nc(C3CC3)nc3c2CCC3)CC12CCCCC2. The second-order valence-electron chi connectivity index (χ2n) is 8.44. The van der Waals surface area contributed by atoms with Crippen LogP contribution in [0.25, 0.3) is 0 Å². The maximum Gasteiger partial charge on any atom is 0.159 e. The van der Waals surface area contributed by atoms with Crippen LogP contribution in [0, 0.1) is 0 Å². The Bertz CT molecular complexity index is 795. The molecule has 136 valence electrons. The van der Waals surface area contributed by atoms with Gasteiger partial charge in [0.05, 0.1) is 10.5 Å². The number of nitrogens with zero attached hydrogens (tertiary/aromatic N) is 3. The van der Waals surface area contributed by atoms with Gasteiger partial charge in [-0.25, -0.2) is 18.4 Å². The highest BCUT2D eigenvalue weighted by Crippen LogP contribution is 2.43. The van der Waals surface area contributed by atoms with Crippen molar-refractivity contribution in [2.75, 3.05) is 23.7 Å². The van der Waals surface area contributed by atoms with Crippen LogP contribution in [0.4, 0.5) is 5.82 Å². The van der Waals surface area contributed by atoms with Gasteiger partial charge in [0, 0.05) is 30.3 Å². The summed E-state index contributed by atoms with van der Waals surface area (Å²) in [5.74, 6) is 2.91. The molecule has 2 heterocycles. The Balaban J connectivity index is 1.53. The van der Waals surface area contributed by atoms with Crippen LogP contribution >= 0.6 is 0 Å². The van der Waals surface area contributed by atoms with Crippen molar-refractivity contribution < 1.29 is 8.42 Å². The van der Waals surface area contributed by atoms with Crippen LogP contribution in [0.3, 0.4) is 0 Å². The molecule has 0 atom stereocenters. The zero-order chi connectivity index (χ0) is 17.1. The van der Waals surface area contributed by atoms with Crippen LogP contribution in [-0.2, 0) is 22.7 Å². The predicted octanol–water partition coefficient (Wildman–Crippen LogP) is 2.78. The quantitative estimate of drug-likeness (QED) is 0.810. The van der Waals surface area contributed by atoms with Crippen molar-refractivity contribution in [3.05, 3.63) is 17.1 Å². The molecular formula is C19H27N3O2S. The van der Waals surface area contributed by atoms with E-state index in [9.17, 15) is 8.42 Å². The van der Waals surface area contributed by atoms with Gasteiger partial charge in [-0.3, -0.25) is 0 Å². The smallest absolute Gasteiger partial charge is 0.159 e. The van der Waals surface area contributed by atoms with Crippen LogP contribution in [0.15, 0.2) is 0 Å². The molecule has 3 fully saturated rings. The van der Waals surface area contributed by atoms with Crippen molar-refractivity contribution in [3.8, 4) is 0 Å². The Morgan fingerprint density at radius 3 is 2.56 bits per heavy atom. The molecule has 2 saturated carbocycles. The topological polar surface area (TPSA) is 63.2 Å². The van der Waals surface area contributed by atoms with Crippen LogP contribution < -0.4 is 4.90 Å². The summed E-state index contributed by atoms with van der Waals surface area (Å²) in [7, 11) is -3.00. The highest BCUT2D eigenvalue weighted by Gasteiger charge is 2.49. The van der Waals surface area contributed by atoms with Crippen molar-refractivity contribution in [1.29, 1.82) is 0 Å². The molecule has 4 aliphatic rings. The fraction of sp³-hybridized carbons (Fsp3) is 0.789. The van der Waals surface area contributed by atoms with Gasteiger partial charge >= 0.3 is 0 Å². The van der Waals surface area contributed by atoms with Crippen molar-refractivity contribution in [2.45, 2.75) is 74.9 Å². The third-order valence-corrected chi connectivity index (χ3v) is 9.28. The van der Waals surface area contributed by atoms with E-state index in [0.29, 0.717) is 19.0 Å². The summed E-state index contributed by atoms with van der Waals surface area (Å²) in [5, 5.41) is 0. The fourth-order valence-electron chi connectivity index (χ4n) is 5.04. The van der Waals surface area contributed by atoms with Gasteiger partial charge in [0.2, 0.25) is 0 Å². The maximum absolute atomic E-state index is 12.9. The van der Waals surface area contributed by atoms with Gasteiger partial charge in [0.15, 0.2) is 9.84 Å². The minimum atomic E-state index is -3.00. The zero-order valence-corrected chi connectivity index (χ0v) is 15.7. The summed E-state index contributed by atoms with van der Waals surface area (Å²) >= 11 is 0. The van der Waals surface area contributed by atoms with Gasteiger partial charge in [-0.1, -0.05) is 19.3 Å². The minimum Gasteiger partial charge on any atom is -0.354 e. The maximum atomic E-state index is 12.9. The van der Waals surface area contributed by atoms with E-state index in [1.165, 1.54) is 30.5 Å². The highest BCUT2D eigenvalue weighted by molar-refractivity contribution is 7.92. The number of hydrogen-bond acceptors (Lipinski definition) is 5. The highest BCUT2D eigenvalue weighted by atomic mass is 32.2. The van der Waals surface area contributed by atoms with E-state index in [0.717, 1.165) is 56.6 Å². The van der Waals surface area contributed by atoms with Crippen LogP contribution in [0.5, 0.6) is 0 Å². The van der Waals surface area contributed by atoms with Crippen LogP contribution in [-0.4, -0.2) is 42.0 Å². The van der Waals surface area contributed by atoms with E-state index in [-0.39, 0.29) is 5.75 Å². The molecule has 0 radical (unpaired) electrons. The van der Waals surface area contributed by atoms with E-state index in [1.54, 1.807) is 0 Å². The number of aryl methyl sites for hydroxylation is 1. The summed E-state index contributed by atoms with van der Waals surface area (Å²) < 4.78 is 25.3. The summed E-state index contributed by atoms with van der Waals surface area (Å²) in [6.07, 6.45) is 10.6. The molecule has 1 aliphatic heterocycles. The second-order valence-corrected chi connectivity index (χ2v) is 10.9. The third kappa shape index (κ3) is 2.59. The van der Waals surface area contributed by atoms with Gasteiger partial charge in [-0.2, -0.15) is 0 Å². The minimum absolute atomic E-state index is 0.282. The predicted molar refractivity (Wildman–Crippen MR) is 97.8 cm³/mol. The van der Waals surface area contributed by atoms with E-state index in [1.807, 2.05) is 0 Å². The van der Waals surface area contributed by atoms with Crippen LogP contribution in [0.2, 0.25) is 0 Å². The molecule has 0 N–H and O–H groups in total. The second kappa shape index (κ2) is 5.66. The summed E-state index contributed by atoms with van der Waals surface area (Å²) in [4.78, 5) is 12.1. The largest absolute Gasteiger partial charge is 0.354 e. The first-order valence-electron chi connectivity index (χ1n) is 9.95. The Hall–Kier alpha value is -1.17. The number of anilines is 1. The van der Waals surface area contributed by atoms with Gasteiger partial charge in [0.25, 0.3) is 0 Å². The first-order valence-corrected chi connectivity index (χ1v) is 11.6. The van der Waals surface area contributed by atoms with Gasteiger partial charge < -0.3 is 4.90 Å². The van der Waals surface area contributed by atoms with Crippen molar-refractivity contribution in [3.63, 3.8) is 0 Å². The van der Waals surface area contributed by atoms with Crippen molar-refractivity contribution >= 4 is 15.7 Å². The lowest BCUT2D eigenvalue weighted by atomic mass is 9.87.